The minimum Gasteiger partial charge on any atom is -0.300 e. The van der Waals surface area contributed by atoms with Crippen LogP contribution in [0.5, 0.6) is 0 Å². The van der Waals surface area contributed by atoms with Crippen LogP contribution in [0.4, 0.5) is 0 Å². The van der Waals surface area contributed by atoms with E-state index in [0.29, 0.717) is 18.2 Å². The number of hydrogen-bond acceptors (Lipinski definition) is 2. The van der Waals surface area contributed by atoms with Gasteiger partial charge in [0.1, 0.15) is 5.78 Å². The third kappa shape index (κ3) is 3.51. The zero-order valence-electron chi connectivity index (χ0n) is 9.18. The first-order valence-corrected chi connectivity index (χ1v) is 5.37. The molecule has 1 saturated heterocycles. The van der Waals surface area contributed by atoms with Crippen LogP contribution in [-0.2, 0) is 4.79 Å². The molecule has 0 aromatic rings. The average Bonchev–Trinajstić information content (AvgIpc) is 2.16. The molecule has 1 heterocycles. The lowest BCUT2D eigenvalue weighted by Crippen LogP contribution is -2.40. The van der Waals surface area contributed by atoms with Crippen LogP contribution in [0.3, 0.4) is 0 Å². The molecule has 0 radical (unpaired) electrons. The number of ketones is 1. The first kappa shape index (κ1) is 11.3. The highest BCUT2D eigenvalue weighted by Gasteiger charge is 2.22. The molecule has 0 amide bonds. The molecule has 78 valence electrons. The predicted molar refractivity (Wildman–Crippen MR) is 58.0 cm³/mol. The fraction of sp³-hybridized carbons (Fsp3) is 0.750. The van der Waals surface area contributed by atoms with E-state index in [9.17, 15) is 4.79 Å². The summed E-state index contributed by atoms with van der Waals surface area (Å²) in [6.07, 6.45) is 4.37. The molecule has 1 unspecified atom stereocenters. The Morgan fingerprint density at radius 3 is 2.93 bits per heavy atom. The molecule has 1 aliphatic rings. The van der Waals surface area contributed by atoms with Crippen LogP contribution >= 0.6 is 0 Å². The van der Waals surface area contributed by atoms with E-state index in [1.807, 2.05) is 6.92 Å². The fourth-order valence-electron chi connectivity index (χ4n) is 2.01. The predicted octanol–water partition coefficient (Wildman–Crippen LogP) is 1.84. The van der Waals surface area contributed by atoms with E-state index in [2.05, 4.69) is 16.7 Å². The van der Waals surface area contributed by atoms with Crippen molar-refractivity contribution in [3.8, 4) is 11.8 Å². The standard InChI is InChI=1S/C12H19NO/c1-3-4-8-13-9-6-5-7-12(13)10-11(2)14/h12H,5-10H2,1-2H3. The van der Waals surface area contributed by atoms with E-state index in [1.54, 1.807) is 6.92 Å². The topological polar surface area (TPSA) is 20.3 Å². The van der Waals surface area contributed by atoms with Crippen LogP contribution < -0.4 is 0 Å². The highest BCUT2D eigenvalue weighted by atomic mass is 16.1. The molecule has 0 bridgehead atoms. The minimum atomic E-state index is 0.298. The Balaban J connectivity index is 2.48. The van der Waals surface area contributed by atoms with Gasteiger partial charge in [-0.2, -0.15) is 0 Å². The molecule has 0 aliphatic carbocycles. The smallest absolute Gasteiger partial charge is 0.131 e. The zero-order chi connectivity index (χ0) is 10.4. The lowest BCUT2D eigenvalue weighted by atomic mass is 9.98. The van der Waals surface area contributed by atoms with Gasteiger partial charge >= 0.3 is 0 Å². The van der Waals surface area contributed by atoms with Gasteiger partial charge in [-0.3, -0.25) is 9.69 Å². The summed E-state index contributed by atoms with van der Waals surface area (Å²) in [4.78, 5) is 13.4. The summed E-state index contributed by atoms with van der Waals surface area (Å²) in [7, 11) is 0. The Bertz CT molecular complexity index is 249. The van der Waals surface area contributed by atoms with E-state index in [1.165, 1.54) is 12.8 Å². The van der Waals surface area contributed by atoms with Gasteiger partial charge < -0.3 is 0 Å². The van der Waals surface area contributed by atoms with Crippen molar-refractivity contribution in [1.82, 2.24) is 4.90 Å². The third-order valence-electron chi connectivity index (χ3n) is 2.73. The van der Waals surface area contributed by atoms with Crippen molar-refractivity contribution in [3.63, 3.8) is 0 Å². The van der Waals surface area contributed by atoms with Gasteiger partial charge in [-0.05, 0) is 33.2 Å². The number of carbonyl (C=O) groups excluding carboxylic acids is 1. The maximum atomic E-state index is 11.1. The summed E-state index contributed by atoms with van der Waals surface area (Å²) in [6, 6.07) is 0.446. The molecule has 0 spiro atoms. The first-order chi connectivity index (χ1) is 6.74. The van der Waals surface area contributed by atoms with E-state index >= 15 is 0 Å². The quantitative estimate of drug-likeness (QED) is 0.637. The summed E-state index contributed by atoms with van der Waals surface area (Å²) >= 11 is 0. The molecular weight excluding hydrogens is 174 g/mol. The van der Waals surface area contributed by atoms with Crippen molar-refractivity contribution in [2.45, 2.75) is 45.6 Å². The third-order valence-corrected chi connectivity index (χ3v) is 2.73. The van der Waals surface area contributed by atoms with Gasteiger partial charge in [0, 0.05) is 12.5 Å². The van der Waals surface area contributed by atoms with Crippen molar-refractivity contribution in [3.05, 3.63) is 0 Å². The number of Topliss-reactive ketones (excluding diaryl/α,β-unsaturated/α-hetero) is 1. The summed E-state index contributed by atoms with van der Waals surface area (Å²) in [6.45, 7) is 5.48. The van der Waals surface area contributed by atoms with Gasteiger partial charge in [-0.15, -0.1) is 5.92 Å². The molecule has 14 heavy (non-hydrogen) atoms. The van der Waals surface area contributed by atoms with Gasteiger partial charge in [0.05, 0.1) is 6.54 Å². The second-order valence-corrected chi connectivity index (χ2v) is 3.95. The molecule has 0 aromatic heterocycles. The maximum Gasteiger partial charge on any atom is 0.131 e. The monoisotopic (exact) mass is 193 g/mol. The highest BCUT2D eigenvalue weighted by molar-refractivity contribution is 5.76. The first-order valence-electron chi connectivity index (χ1n) is 5.37. The van der Waals surface area contributed by atoms with Gasteiger partial charge in [0.25, 0.3) is 0 Å². The molecule has 1 rings (SSSR count). The van der Waals surface area contributed by atoms with Crippen molar-refractivity contribution in [2.75, 3.05) is 13.1 Å². The Hall–Kier alpha value is -0.810. The number of rotatable bonds is 3. The highest BCUT2D eigenvalue weighted by Crippen LogP contribution is 2.19. The fourth-order valence-corrected chi connectivity index (χ4v) is 2.01. The Kier molecular flexibility index (Phi) is 4.69. The van der Waals surface area contributed by atoms with Crippen LogP contribution in [0, 0.1) is 11.8 Å². The average molecular weight is 193 g/mol. The number of nitrogens with zero attached hydrogens (tertiary/aromatic N) is 1. The normalized spacial score (nSPS) is 22.6. The second-order valence-electron chi connectivity index (χ2n) is 3.95. The zero-order valence-corrected chi connectivity index (χ0v) is 9.18. The maximum absolute atomic E-state index is 11.1. The van der Waals surface area contributed by atoms with E-state index in [4.69, 9.17) is 0 Å². The number of carbonyl (C=O) groups is 1. The largest absolute Gasteiger partial charge is 0.300 e. The summed E-state index contributed by atoms with van der Waals surface area (Å²) in [5, 5.41) is 0. The summed E-state index contributed by atoms with van der Waals surface area (Å²) in [5.41, 5.74) is 0. The molecule has 1 atom stereocenters. The molecular formula is C12H19NO. The summed E-state index contributed by atoms with van der Waals surface area (Å²) in [5.74, 6) is 6.30. The van der Waals surface area contributed by atoms with Crippen LogP contribution in [0.2, 0.25) is 0 Å². The number of likely N-dealkylation sites (tertiary alicyclic amines) is 1. The molecule has 2 heteroatoms. The van der Waals surface area contributed by atoms with Crippen molar-refractivity contribution in [1.29, 1.82) is 0 Å². The lowest BCUT2D eigenvalue weighted by Gasteiger charge is -2.33. The molecule has 1 fully saturated rings. The molecule has 1 aliphatic heterocycles. The lowest BCUT2D eigenvalue weighted by molar-refractivity contribution is -0.118. The van der Waals surface area contributed by atoms with Crippen LogP contribution in [-0.4, -0.2) is 29.8 Å². The van der Waals surface area contributed by atoms with Crippen molar-refractivity contribution >= 4 is 5.78 Å². The number of piperidine rings is 1. The molecule has 0 aromatic carbocycles. The molecule has 0 saturated carbocycles. The Morgan fingerprint density at radius 2 is 2.29 bits per heavy atom. The van der Waals surface area contributed by atoms with Gasteiger partial charge in [-0.1, -0.05) is 12.3 Å². The van der Waals surface area contributed by atoms with Gasteiger partial charge in [0.2, 0.25) is 0 Å². The molecule has 0 N–H and O–H groups in total. The van der Waals surface area contributed by atoms with Gasteiger partial charge in [-0.25, -0.2) is 0 Å². The van der Waals surface area contributed by atoms with Crippen molar-refractivity contribution < 1.29 is 4.79 Å². The van der Waals surface area contributed by atoms with Crippen LogP contribution in [0.1, 0.15) is 39.5 Å². The van der Waals surface area contributed by atoms with Crippen LogP contribution in [0.15, 0.2) is 0 Å². The van der Waals surface area contributed by atoms with Crippen molar-refractivity contribution in [2.24, 2.45) is 0 Å². The number of hydrogen-bond donors (Lipinski definition) is 0. The molecule has 2 nitrogen and oxygen atoms in total. The summed E-state index contributed by atoms with van der Waals surface area (Å²) < 4.78 is 0. The minimum absolute atomic E-state index is 0.298. The van der Waals surface area contributed by atoms with Gasteiger partial charge in [0.15, 0.2) is 0 Å². The Labute approximate surface area is 86.7 Å². The van der Waals surface area contributed by atoms with E-state index < -0.39 is 0 Å². The van der Waals surface area contributed by atoms with E-state index in [-0.39, 0.29) is 0 Å². The van der Waals surface area contributed by atoms with Crippen LogP contribution in [0.25, 0.3) is 0 Å². The Morgan fingerprint density at radius 1 is 1.50 bits per heavy atom. The SMILES string of the molecule is CC#CCN1CCCCC1CC(C)=O. The van der Waals surface area contributed by atoms with E-state index in [0.717, 1.165) is 19.5 Å². The second kappa shape index (κ2) is 5.82.